The zero-order valence-electron chi connectivity index (χ0n) is 19.9. The molecular formula is C27H30ClNO5. The average molecular weight is 484 g/mol. The summed E-state index contributed by atoms with van der Waals surface area (Å²) in [5.41, 5.74) is 3.21. The summed E-state index contributed by atoms with van der Waals surface area (Å²) in [7, 11) is 1.60. The Morgan fingerprint density at radius 3 is 2.41 bits per heavy atom. The van der Waals surface area contributed by atoms with Crippen molar-refractivity contribution in [2.24, 2.45) is 0 Å². The second kappa shape index (κ2) is 10.1. The molecular weight excluding hydrogens is 454 g/mol. The molecule has 180 valence electrons. The maximum absolute atomic E-state index is 13.4. The normalized spacial score (nSPS) is 20.2. The minimum absolute atomic E-state index is 0.0224. The summed E-state index contributed by atoms with van der Waals surface area (Å²) in [5.74, 6) is 1.46. The van der Waals surface area contributed by atoms with Gasteiger partial charge in [0, 0.05) is 30.0 Å². The molecule has 4 rings (SSSR count). The molecule has 1 N–H and O–H groups in total. The summed E-state index contributed by atoms with van der Waals surface area (Å²) < 4.78 is 16.9. The van der Waals surface area contributed by atoms with E-state index in [1.165, 1.54) is 0 Å². The highest BCUT2D eigenvalue weighted by atomic mass is 35.5. The van der Waals surface area contributed by atoms with Crippen molar-refractivity contribution in [1.82, 2.24) is 5.32 Å². The minimum Gasteiger partial charge on any atom is -0.493 e. The number of amides is 1. The maximum atomic E-state index is 13.4. The second-order valence-electron chi connectivity index (χ2n) is 8.93. The van der Waals surface area contributed by atoms with Gasteiger partial charge in [-0.05, 0) is 68.5 Å². The van der Waals surface area contributed by atoms with E-state index < -0.39 is 0 Å². The Kier molecular flexibility index (Phi) is 7.17. The Morgan fingerprint density at radius 2 is 1.74 bits per heavy atom. The number of nitrogens with one attached hydrogen (secondary N) is 1. The summed E-state index contributed by atoms with van der Waals surface area (Å²) in [4.78, 5) is 26.0. The maximum Gasteiger partial charge on any atom is 0.225 e. The minimum atomic E-state index is -0.318. The van der Waals surface area contributed by atoms with Crippen molar-refractivity contribution >= 4 is 23.3 Å². The van der Waals surface area contributed by atoms with Crippen LogP contribution >= 0.6 is 11.6 Å². The fourth-order valence-electron chi connectivity index (χ4n) is 4.78. The van der Waals surface area contributed by atoms with E-state index >= 15 is 0 Å². The Hall–Kier alpha value is -2.99. The van der Waals surface area contributed by atoms with Crippen molar-refractivity contribution in [2.75, 3.05) is 13.7 Å². The van der Waals surface area contributed by atoms with Crippen molar-refractivity contribution in [2.45, 2.75) is 58.0 Å². The van der Waals surface area contributed by atoms with Gasteiger partial charge >= 0.3 is 0 Å². The Bertz CT molecular complexity index is 1140. The van der Waals surface area contributed by atoms with Gasteiger partial charge in [0.2, 0.25) is 5.91 Å². The first-order chi connectivity index (χ1) is 16.3. The first-order valence-corrected chi connectivity index (χ1v) is 12.0. The SMILES string of the molecule is CCOc1ccc(C2CC(=O)NC3=C2C(=O)CC(c2ccc(OC(C)C)c(OC)c2)C3)cc1Cl. The summed E-state index contributed by atoms with van der Waals surface area (Å²) >= 11 is 6.40. The topological polar surface area (TPSA) is 73.9 Å². The van der Waals surface area contributed by atoms with E-state index in [2.05, 4.69) is 5.32 Å². The van der Waals surface area contributed by atoms with Gasteiger partial charge in [0.15, 0.2) is 17.3 Å². The van der Waals surface area contributed by atoms with E-state index in [0.29, 0.717) is 53.0 Å². The largest absolute Gasteiger partial charge is 0.493 e. The van der Waals surface area contributed by atoms with Crippen LogP contribution in [0, 0.1) is 0 Å². The zero-order chi connectivity index (χ0) is 24.4. The summed E-state index contributed by atoms with van der Waals surface area (Å²) in [6, 6.07) is 11.3. The molecule has 2 aromatic rings. The molecule has 0 aromatic heterocycles. The number of ether oxygens (including phenoxy) is 3. The Labute approximate surface area is 205 Å². The van der Waals surface area contributed by atoms with Crippen LogP contribution in [0.2, 0.25) is 5.02 Å². The number of allylic oxidation sites excluding steroid dienone is 2. The molecule has 2 atom stereocenters. The van der Waals surface area contributed by atoms with Gasteiger partial charge in [0.05, 0.1) is 24.8 Å². The lowest BCUT2D eigenvalue weighted by Crippen LogP contribution is -2.38. The van der Waals surface area contributed by atoms with E-state index in [4.69, 9.17) is 25.8 Å². The first kappa shape index (κ1) is 24.1. The van der Waals surface area contributed by atoms with Crippen molar-refractivity contribution in [1.29, 1.82) is 0 Å². The van der Waals surface area contributed by atoms with E-state index in [9.17, 15) is 9.59 Å². The average Bonchev–Trinajstić information content (AvgIpc) is 2.79. The van der Waals surface area contributed by atoms with Crippen molar-refractivity contribution in [3.63, 3.8) is 0 Å². The number of Topliss-reactive ketones (excluding diaryl/α,β-unsaturated/α-hetero) is 1. The summed E-state index contributed by atoms with van der Waals surface area (Å²) in [6.07, 6.45) is 1.17. The zero-order valence-corrected chi connectivity index (χ0v) is 20.7. The van der Waals surface area contributed by atoms with Crippen LogP contribution in [0.1, 0.15) is 63.0 Å². The van der Waals surface area contributed by atoms with Crippen molar-refractivity contribution in [3.8, 4) is 17.2 Å². The quantitative estimate of drug-likeness (QED) is 0.559. The highest BCUT2D eigenvalue weighted by molar-refractivity contribution is 6.32. The molecule has 6 nitrogen and oxygen atoms in total. The number of rotatable bonds is 7. The fourth-order valence-corrected chi connectivity index (χ4v) is 5.02. The Morgan fingerprint density at radius 1 is 1.00 bits per heavy atom. The lowest BCUT2D eigenvalue weighted by Gasteiger charge is -2.34. The van der Waals surface area contributed by atoms with E-state index in [1.54, 1.807) is 19.2 Å². The second-order valence-corrected chi connectivity index (χ2v) is 9.33. The van der Waals surface area contributed by atoms with Crippen molar-refractivity contribution in [3.05, 3.63) is 63.8 Å². The monoisotopic (exact) mass is 483 g/mol. The highest BCUT2D eigenvalue weighted by Crippen LogP contribution is 2.44. The molecule has 0 bridgehead atoms. The number of carbonyl (C=O) groups excluding carboxylic acids is 2. The van der Waals surface area contributed by atoms with Crippen LogP contribution in [0.3, 0.4) is 0 Å². The number of hydrogen-bond donors (Lipinski definition) is 1. The van der Waals surface area contributed by atoms with E-state index in [1.807, 2.05) is 45.0 Å². The van der Waals surface area contributed by atoms with Crippen LogP contribution in [-0.2, 0) is 9.59 Å². The van der Waals surface area contributed by atoms with Gasteiger partial charge in [-0.15, -0.1) is 0 Å². The molecule has 0 saturated heterocycles. The van der Waals surface area contributed by atoms with Crippen LogP contribution < -0.4 is 19.5 Å². The fraction of sp³-hybridized carbons (Fsp3) is 0.407. The third-order valence-electron chi connectivity index (χ3n) is 6.22. The molecule has 0 saturated carbocycles. The molecule has 1 aliphatic heterocycles. The molecule has 34 heavy (non-hydrogen) atoms. The smallest absolute Gasteiger partial charge is 0.225 e. The summed E-state index contributed by atoms with van der Waals surface area (Å²) in [6.45, 7) is 6.32. The van der Waals surface area contributed by atoms with Gasteiger partial charge in [-0.3, -0.25) is 9.59 Å². The molecule has 7 heteroatoms. The summed E-state index contributed by atoms with van der Waals surface area (Å²) in [5, 5.41) is 3.44. The molecule has 1 aliphatic carbocycles. The number of ketones is 1. The van der Waals surface area contributed by atoms with Crippen LogP contribution in [-0.4, -0.2) is 31.5 Å². The predicted octanol–water partition coefficient (Wildman–Crippen LogP) is 5.54. The van der Waals surface area contributed by atoms with Gasteiger partial charge in [-0.25, -0.2) is 0 Å². The molecule has 2 unspecified atom stereocenters. The highest BCUT2D eigenvalue weighted by Gasteiger charge is 2.38. The third kappa shape index (κ3) is 4.92. The van der Waals surface area contributed by atoms with E-state index in [-0.39, 0.29) is 36.1 Å². The molecule has 1 heterocycles. The van der Waals surface area contributed by atoms with Gasteiger partial charge in [-0.2, -0.15) is 0 Å². The van der Waals surface area contributed by atoms with Gasteiger partial charge in [-0.1, -0.05) is 23.7 Å². The van der Waals surface area contributed by atoms with Gasteiger partial charge in [0.25, 0.3) is 0 Å². The lowest BCUT2D eigenvalue weighted by atomic mass is 9.73. The molecule has 0 fully saturated rings. The standard InChI is InChI=1S/C27H30ClNO5/c1-5-33-23-8-7-17(10-20(23)28)19-14-26(31)29-21-11-18(12-22(30)27(19)21)16-6-9-24(34-15(2)3)25(13-16)32-4/h6-10,13,15,18-19H,5,11-12,14H2,1-4H3,(H,29,31). The first-order valence-electron chi connectivity index (χ1n) is 11.6. The van der Waals surface area contributed by atoms with E-state index in [0.717, 1.165) is 11.1 Å². The lowest BCUT2D eigenvalue weighted by molar-refractivity contribution is -0.122. The van der Waals surface area contributed by atoms with Crippen LogP contribution in [0.5, 0.6) is 17.2 Å². The molecule has 0 radical (unpaired) electrons. The predicted molar refractivity (Wildman–Crippen MR) is 131 cm³/mol. The number of carbonyl (C=O) groups is 2. The molecule has 0 spiro atoms. The Balaban J connectivity index is 1.65. The number of hydrogen-bond acceptors (Lipinski definition) is 5. The van der Waals surface area contributed by atoms with Crippen LogP contribution in [0.4, 0.5) is 0 Å². The molecule has 2 aliphatic rings. The van der Waals surface area contributed by atoms with Crippen LogP contribution in [0.25, 0.3) is 0 Å². The number of halogens is 1. The van der Waals surface area contributed by atoms with Gasteiger partial charge in [0.1, 0.15) is 5.75 Å². The third-order valence-corrected chi connectivity index (χ3v) is 6.51. The van der Waals surface area contributed by atoms with Crippen LogP contribution in [0.15, 0.2) is 47.7 Å². The molecule has 1 amide bonds. The van der Waals surface area contributed by atoms with Gasteiger partial charge < -0.3 is 19.5 Å². The van der Waals surface area contributed by atoms with Crippen molar-refractivity contribution < 1.29 is 23.8 Å². The number of methoxy groups -OCH3 is 1. The molecule has 2 aromatic carbocycles. The number of benzene rings is 2.